The van der Waals surface area contributed by atoms with Crippen molar-refractivity contribution in [3.63, 3.8) is 0 Å². The number of amides is 1. The van der Waals surface area contributed by atoms with Gasteiger partial charge in [-0.15, -0.1) is 11.3 Å². The van der Waals surface area contributed by atoms with E-state index in [0.29, 0.717) is 4.34 Å². The number of aromatic hydroxyl groups is 1. The minimum Gasteiger partial charge on any atom is -0.507 e. The molecule has 0 bridgehead atoms. The third-order valence-corrected chi connectivity index (χ3v) is 4.81. The summed E-state index contributed by atoms with van der Waals surface area (Å²) in [5.74, 6) is -0.0458. The molecule has 24 heavy (non-hydrogen) atoms. The third-order valence-electron chi connectivity index (χ3n) is 3.65. The average Bonchev–Trinajstić information content (AvgIpc) is 2.92. The predicted octanol–water partition coefficient (Wildman–Crippen LogP) is 5.12. The second kappa shape index (κ2) is 7.81. The minimum absolute atomic E-state index is 0.0151. The highest BCUT2D eigenvalue weighted by Gasteiger charge is 2.18. The molecule has 0 aliphatic heterocycles. The summed E-state index contributed by atoms with van der Waals surface area (Å²) >= 11 is 7.22. The van der Waals surface area contributed by atoms with Crippen LogP contribution < -0.4 is 5.43 Å². The van der Waals surface area contributed by atoms with Crippen LogP contribution >= 0.6 is 22.9 Å². The molecule has 0 radical (unpaired) electrons. The van der Waals surface area contributed by atoms with Crippen LogP contribution in [0.2, 0.25) is 4.34 Å². The number of halogens is 1. The summed E-state index contributed by atoms with van der Waals surface area (Å²) in [5.41, 5.74) is 4.48. The fourth-order valence-electron chi connectivity index (χ4n) is 2.24. The zero-order chi connectivity index (χ0) is 17.9. The molecule has 0 saturated heterocycles. The maximum absolute atomic E-state index is 12.4. The van der Waals surface area contributed by atoms with Crippen molar-refractivity contribution in [2.24, 2.45) is 5.10 Å². The number of carbonyl (C=O) groups is 1. The monoisotopic (exact) mass is 364 g/mol. The molecular formula is C18H21ClN2O2S. The molecule has 0 fully saturated rings. The molecule has 1 aromatic carbocycles. The van der Waals surface area contributed by atoms with Crippen LogP contribution in [0, 0.1) is 0 Å². The topological polar surface area (TPSA) is 61.7 Å². The number of thiophene rings is 1. The van der Waals surface area contributed by atoms with Crippen molar-refractivity contribution in [3.05, 3.63) is 50.2 Å². The summed E-state index contributed by atoms with van der Waals surface area (Å²) in [6.45, 7) is 8.08. The van der Waals surface area contributed by atoms with Gasteiger partial charge in [0.1, 0.15) is 5.75 Å². The molecule has 6 heteroatoms. The second-order valence-electron chi connectivity index (χ2n) is 6.16. The molecular weight excluding hydrogens is 344 g/mol. The van der Waals surface area contributed by atoms with Crippen LogP contribution in [0.4, 0.5) is 0 Å². The Morgan fingerprint density at radius 1 is 1.25 bits per heavy atom. The fraction of sp³-hybridized carbons (Fsp3) is 0.333. The van der Waals surface area contributed by atoms with Crippen molar-refractivity contribution < 1.29 is 9.90 Å². The van der Waals surface area contributed by atoms with Gasteiger partial charge >= 0.3 is 0 Å². The Morgan fingerprint density at radius 2 is 1.96 bits per heavy atom. The van der Waals surface area contributed by atoms with Crippen molar-refractivity contribution in [1.82, 2.24) is 5.43 Å². The van der Waals surface area contributed by atoms with Crippen LogP contribution in [0.1, 0.15) is 65.9 Å². The highest BCUT2D eigenvalue weighted by molar-refractivity contribution is 7.17. The Kier molecular flexibility index (Phi) is 6.02. The summed E-state index contributed by atoms with van der Waals surface area (Å²) in [4.78, 5) is 13.2. The van der Waals surface area contributed by atoms with Gasteiger partial charge < -0.3 is 5.11 Å². The Balaban J connectivity index is 2.26. The maximum Gasteiger partial charge on any atom is 0.275 e. The molecule has 4 nitrogen and oxygen atoms in total. The summed E-state index contributed by atoms with van der Waals surface area (Å²) in [6.07, 6.45) is 1.53. The van der Waals surface area contributed by atoms with Gasteiger partial charge in [0.05, 0.1) is 16.1 Å². The lowest BCUT2D eigenvalue weighted by Crippen LogP contribution is -2.18. The Hall–Kier alpha value is -1.85. The molecule has 0 atom stereocenters. The fourth-order valence-corrected chi connectivity index (χ4v) is 3.17. The van der Waals surface area contributed by atoms with Gasteiger partial charge in [0.25, 0.3) is 5.91 Å². The Morgan fingerprint density at radius 3 is 2.50 bits per heavy atom. The highest BCUT2D eigenvalue weighted by Crippen LogP contribution is 2.33. The number of phenolic OH excluding ortho intramolecular Hbond substituents is 1. The van der Waals surface area contributed by atoms with Crippen molar-refractivity contribution in [2.75, 3.05) is 0 Å². The van der Waals surface area contributed by atoms with Crippen molar-refractivity contribution in [1.29, 1.82) is 0 Å². The molecule has 1 amide bonds. The first-order valence-corrected chi connectivity index (χ1v) is 8.94. The van der Waals surface area contributed by atoms with Crippen molar-refractivity contribution >= 4 is 35.1 Å². The zero-order valence-electron chi connectivity index (χ0n) is 14.1. The lowest BCUT2D eigenvalue weighted by atomic mass is 9.92. The van der Waals surface area contributed by atoms with E-state index in [1.807, 2.05) is 26.0 Å². The van der Waals surface area contributed by atoms with E-state index in [4.69, 9.17) is 11.6 Å². The molecule has 0 aliphatic rings. The van der Waals surface area contributed by atoms with E-state index in [0.717, 1.165) is 16.0 Å². The van der Waals surface area contributed by atoms with Crippen LogP contribution in [-0.2, 0) is 0 Å². The molecule has 0 spiro atoms. The third kappa shape index (κ3) is 4.36. The van der Waals surface area contributed by atoms with Crippen LogP contribution in [0.25, 0.3) is 0 Å². The Labute approximate surface area is 151 Å². The number of carbonyl (C=O) groups excluding carboxylic acids is 1. The summed E-state index contributed by atoms with van der Waals surface area (Å²) in [7, 11) is 0. The molecule has 0 aliphatic carbocycles. The maximum atomic E-state index is 12.4. The first-order chi connectivity index (χ1) is 11.3. The highest BCUT2D eigenvalue weighted by atomic mass is 35.5. The standard InChI is InChI=1S/C18H21ClN2O2S/c1-10(2)12-7-14(11(3)4)17(22)15(8-12)18(23)21-20-9-13-5-6-16(19)24-13/h5-11,22H,1-4H3,(H,21,23). The van der Waals surface area contributed by atoms with E-state index >= 15 is 0 Å². The van der Waals surface area contributed by atoms with Crippen LogP contribution in [0.5, 0.6) is 5.75 Å². The number of nitrogens with zero attached hydrogens (tertiary/aromatic N) is 1. The van der Waals surface area contributed by atoms with E-state index < -0.39 is 5.91 Å². The van der Waals surface area contributed by atoms with Gasteiger partial charge in [0, 0.05) is 4.88 Å². The van der Waals surface area contributed by atoms with Gasteiger partial charge in [-0.25, -0.2) is 5.43 Å². The van der Waals surface area contributed by atoms with Gasteiger partial charge in [0.2, 0.25) is 0 Å². The molecule has 128 valence electrons. The van der Waals surface area contributed by atoms with Gasteiger partial charge in [-0.1, -0.05) is 45.4 Å². The summed E-state index contributed by atoms with van der Waals surface area (Å²) < 4.78 is 0.659. The number of phenols is 1. The number of hydrogen-bond acceptors (Lipinski definition) is 4. The van der Waals surface area contributed by atoms with Gasteiger partial charge in [0.15, 0.2) is 0 Å². The van der Waals surface area contributed by atoms with Crippen LogP contribution in [0.3, 0.4) is 0 Å². The van der Waals surface area contributed by atoms with Crippen molar-refractivity contribution in [2.45, 2.75) is 39.5 Å². The van der Waals surface area contributed by atoms with Crippen LogP contribution in [0.15, 0.2) is 29.4 Å². The molecule has 2 aromatic rings. The predicted molar refractivity (Wildman–Crippen MR) is 101 cm³/mol. The number of hydrogen-bond donors (Lipinski definition) is 2. The first-order valence-electron chi connectivity index (χ1n) is 7.75. The van der Waals surface area contributed by atoms with E-state index in [1.54, 1.807) is 12.1 Å². The molecule has 1 aromatic heterocycles. The molecule has 2 rings (SSSR count). The van der Waals surface area contributed by atoms with E-state index in [1.165, 1.54) is 17.6 Å². The van der Waals surface area contributed by atoms with Gasteiger partial charge in [-0.3, -0.25) is 4.79 Å². The SMILES string of the molecule is CC(C)c1cc(C(=O)NN=Cc2ccc(Cl)s2)c(O)c(C(C)C)c1. The number of rotatable bonds is 5. The van der Waals surface area contributed by atoms with Crippen molar-refractivity contribution in [3.8, 4) is 5.75 Å². The molecule has 2 N–H and O–H groups in total. The summed E-state index contributed by atoms with van der Waals surface area (Å²) in [6, 6.07) is 7.26. The first kappa shape index (κ1) is 18.5. The lowest BCUT2D eigenvalue weighted by Gasteiger charge is -2.16. The van der Waals surface area contributed by atoms with Gasteiger partial charge in [-0.05, 0) is 41.2 Å². The quantitative estimate of drug-likeness (QED) is 0.571. The molecule has 0 unspecified atom stereocenters. The van der Waals surface area contributed by atoms with E-state index in [9.17, 15) is 9.90 Å². The van der Waals surface area contributed by atoms with Crippen LogP contribution in [-0.4, -0.2) is 17.2 Å². The number of nitrogens with one attached hydrogen (secondary N) is 1. The number of benzene rings is 1. The van der Waals surface area contributed by atoms with E-state index in [-0.39, 0.29) is 23.1 Å². The zero-order valence-corrected chi connectivity index (χ0v) is 15.7. The normalized spacial score (nSPS) is 11.6. The average molecular weight is 365 g/mol. The molecule has 1 heterocycles. The largest absolute Gasteiger partial charge is 0.507 e. The molecule has 0 saturated carbocycles. The number of hydrazone groups is 1. The van der Waals surface area contributed by atoms with Gasteiger partial charge in [-0.2, -0.15) is 5.10 Å². The summed E-state index contributed by atoms with van der Waals surface area (Å²) in [5, 5.41) is 14.4. The smallest absolute Gasteiger partial charge is 0.275 e. The second-order valence-corrected chi connectivity index (χ2v) is 7.90. The minimum atomic E-state index is -0.434. The lowest BCUT2D eigenvalue weighted by molar-refractivity contribution is 0.0952. The Bertz CT molecular complexity index is 766. The van der Waals surface area contributed by atoms with E-state index in [2.05, 4.69) is 24.4 Å².